The van der Waals surface area contributed by atoms with Crippen molar-refractivity contribution in [3.05, 3.63) is 94.6 Å². The van der Waals surface area contributed by atoms with E-state index >= 15 is 0 Å². The molecule has 4 aromatic rings. The average Bonchev–Trinajstić information content (AvgIpc) is 3.42. The summed E-state index contributed by atoms with van der Waals surface area (Å²) in [6, 6.07) is 13.7. The Balaban J connectivity index is 1.07. The van der Waals surface area contributed by atoms with Gasteiger partial charge in [-0.25, -0.2) is 9.97 Å². The zero-order valence-electron chi connectivity index (χ0n) is 25.4. The molecule has 2 aromatic heterocycles. The summed E-state index contributed by atoms with van der Waals surface area (Å²) in [4.78, 5) is 26.7. The summed E-state index contributed by atoms with van der Waals surface area (Å²) < 4.78 is 7.57. The molecule has 2 aliphatic heterocycles. The first-order valence-corrected chi connectivity index (χ1v) is 14.8. The highest BCUT2D eigenvalue weighted by Crippen LogP contribution is 2.21. The van der Waals surface area contributed by atoms with Crippen LogP contribution in [-0.2, 0) is 17.8 Å². The number of fused-ring (bicyclic) bond motifs is 2. The van der Waals surface area contributed by atoms with Crippen LogP contribution in [0.15, 0.2) is 61.1 Å². The molecule has 1 fully saturated rings. The Morgan fingerprint density at radius 1 is 0.977 bits per heavy atom. The van der Waals surface area contributed by atoms with Crippen molar-refractivity contribution in [3.63, 3.8) is 0 Å². The third kappa shape index (κ3) is 7.23. The van der Waals surface area contributed by atoms with Gasteiger partial charge in [0.1, 0.15) is 12.4 Å². The smallest absolute Gasteiger partial charge is 0.255 e. The molecule has 2 N–H and O–H groups in total. The number of ether oxygens (including phenoxy) is 1. The van der Waals surface area contributed by atoms with Gasteiger partial charge in [0.15, 0.2) is 0 Å². The number of rotatable bonds is 6. The number of nitrogens with one attached hydrogen (secondary N) is 2. The number of amides is 1. The number of hydrogen-bond donors (Lipinski definition) is 2. The lowest BCUT2D eigenvalue weighted by molar-refractivity contribution is 0.102. The fraction of sp³-hybridized carbons (Fsp3) is 0.333. The van der Waals surface area contributed by atoms with Crippen molar-refractivity contribution in [2.75, 3.05) is 62.3 Å². The number of anilines is 3. The van der Waals surface area contributed by atoms with Crippen LogP contribution in [0.5, 0.6) is 0 Å². The Labute approximate surface area is 257 Å². The maximum atomic E-state index is 13.1. The van der Waals surface area contributed by atoms with Gasteiger partial charge >= 0.3 is 0 Å². The number of carbonyl (C=O) groups is 1. The summed E-state index contributed by atoms with van der Waals surface area (Å²) in [6.45, 7) is 10.8. The van der Waals surface area contributed by atoms with E-state index in [2.05, 4.69) is 66.6 Å². The summed E-state index contributed by atoms with van der Waals surface area (Å²) in [6.07, 6.45) is 5.32. The fourth-order valence-electron chi connectivity index (χ4n) is 5.13. The summed E-state index contributed by atoms with van der Waals surface area (Å²) >= 11 is 0. The van der Waals surface area contributed by atoms with Crippen molar-refractivity contribution in [3.8, 4) is 11.8 Å². The maximum Gasteiger partial charge on any atom is 0.255 e. The number of aryl methyl sites for hydroxylation is 2. The molecule has 0 radical (unpaired) electrons. The summed E-state index contributed by atoms with van der Waals surface area (Å²) in [5.41, 5.74) is 9.97. The molecule has 0 aliphatic carbocycles. The minimum absolute atomic E-state index is 0.174. The number of likely N-dealkylation sites (N-methyl/N-ethyl adjacent to an activating group) is 1. The van der Waals surface area contributed by atoms with Crippen molar-refractivity contribution < 1.29 is 9.53 Å². The molecule has 4 heterocycles. The second-order valence-corrected chi connectivity index (χ2v) is 11.2. The standard InChI is InChI=1S/C33H37N9O2/c1-24-4-8-29(32(43)36-30-10-6-26(7-11-30)21-40-14-12-39(3)13-15-40)18-28(24)9-5-27-19-34-33(35-20-27)38-42-23-44-17-16-41-22-31(42)25(2)37-41/h4,6-8,10-11,18-20,22H,12-17,21,23H2,1-3H3,(H,36,43)(H,34,35,38). The molecule has 2 aromatic carbocycles. The van der Waals surface area contributed by atoms with Gasteiger partial charge in [-0.05, 0) is 56.3 Å². The normalized spacial score (nSPS) is 15.6. The number of hydrogen-bond acceptors (Lipinski definition) is 9. The van der Waals surface area contributed by atoms with E-state index in [-0.39, 0.29) is 5.91 Å². The number of piperazine rings is 1. The van der Waals surface area contributed by atoms with Crippen LogP contribution in [0.4, 0.5) is 17.3 Å². The zero-order chi connectivity index (χ0) is 30.5. The second kappa shape index (κ2) is 13.3. The van der Waals surface area contributed by atoms with Crippen LogP contribution in [0.25, 0.3) is 0 Å². The van der Waals surface area contributed by atoms with E-state index in [0.717, 1.165) is 67.5 Å². The van der Waals surface area contributed by atoms with Crippen LogP contribution < -0.4 is 15.8 Å². The SMILES string of the molecule is Cc1ccc(C(=O)Nc2ccc(CN3CCN(C)CC3)cc2)cc1C#Cc1cnc(NN2COCCn3cc2c(C)n3)nc1. The summed E-state index contributed by atoms with van der Waals surface area (Å²) in [5.74, 6) is 6.56. The van der Waals surface area contributed by atoms with Gasteiger partial charge in [-0.1, -0.05) is 30.0 Å². The zero-order valence-corrected chi connectivity index (χ0v) is 25.4. The summed E-state index contributed by atoms with van der Waals surface area (Å²) in [7, 11) is 2.16. The molecule has 11 heteroatoms. The fourth-order valence-corrected chi connectivity index (χ4v) is 5.13. The molecule has 0 saturated carbocycles. The van der Waals surface area contributed by atoms with Gasteiger partial charge in [-0.15, -0.1) is 0 Å². The van der Waals surface area contributed by atoms with E-state index < -0.39 is 0 Å². The van der Waals surface area contributed by atoms with Crippen molar-refractivity contribution >= 4 is 23.2 Å². The van der Waals surface area contributed by atoms with E-state index in [1.54, 1.807) is 12.4 Å². The Bertz CT molecular complexity index is 1660. The molecule has 1 amide bonds. The largest absolute Gasteiger partial charge is 0.357 e. The quantitative estimate of drug-likeness (QED) is 0.326. The number of nitrogens with zero attached hydrogens (tertiary/aromatic N) is 7. The first-order valence-electron chi connectivity index (χ1n) is 14.8. The predicted molar refractivity (Wildman–Crippen MR) is 170 cm³/mol. The van der Waals surface area contributed by atoms with E-state index in [1.807, 2.05) is 60.1 Å². The van der Waals surface area contributed by atoms with E-state index in [9.17, 15) is 4.79 Å². The van der Waals surface area contributed by atoms with Gasteiger partial charge < -0.3 is 15.0 Å². The van der Waals surface area contributed by atoms with E-state index in [1.165, 1.54) is 5.56 Å². The Morgan fingerprint density at radius 2 is 1.75 bits per heavy atom. The summed E-state index contributed by atoms with van der Waals surface area (Å²) in [5, 5.41) is 9.36. The molecule has 0 atom stereocenters. The van der Waals surface area contributed by atoms with Gasteiger partial charge in [-0.3, -0.25) is 24.8 Å². The Hall–Kier alpha value is -4.76. The molecular weight excluding hydrogens is 554 g/mol. The third-order valence-electron chi connectivity index (χ3n) is 7.84. The lowest BCUT2D eigenvalue weighted by Gasteiger charge is -2.32. The molecule has 0 unspecified atom stereocenters. The topological polar surface area (TPSA) is 104 Å². The molecule has 44 heavy (non-hydrogen) atoms. The molecule has 2 bridgehead atoms. The van der Waals surface area contributed by atoms with Crippen LogP contribution in [-0.4, -0.2) is 82.0 Å². The molecule has 2 aliphatic rings. The van der Waals surface area contributed by atoms with Crippen LogP contribution >= 0.6 is 0 Å². The highest BCUT2D eigenvalue weighted by molar-refractivity contribution is 6.04. The van der Waals surface area contributed by atoms with Crippen LogP contribution in [0, 0.1) is 25.7 Å². The van der Waals surface area contributed by atoms with Crippen molar-refractivity contribution in [1.82, 2.24) is 29.5 Å². The lowest BCUT2D eigenvalue weighted by atomic mass is 10.0. The lowest BCUT2D eigenvalue weighted by Crippen LogP contribution is -2.43. The van der Waals surface area contributed by atoms with Gasteiger partial charge in [0.25, 0.3) is 5.91 Å². The third-order valence-corrected chi connectivity index (χ3v) is 7.84. The molecule has 1 saturated heterocycles. The van der Waals surface area contributed by atoms with Crippen LogP contribution in [0.3, 0.4) is 0 Å². The van der Waals surface area contributed by atoms with Crippen molar-refractivity contribution in [2.24, 2.45) is 0 Å². The molecule has 226 valence electrons. The minimum atomic E-state index is -0.174. The number of hydrazine groups is 1. The molecule has 0 spiro atoms. The molecular formula is C33H37N9O2. The predicted octanol–water partition coefficient (Wildman–Crippen LogP) is 3.51. The van der Waals surface area contributed by atoms with Crippen LogP contribution in [0.2, 0.25) is 0 Å². The molecule has 6 rings (SSSR count). The van der Waals surface area contributed by atoms with Crippen LogP contribution in [0.1, 0.15) is 38.3 Å². The highest BCUT2D eigenvalue weighted by Gasteiger charge is 2.17. The van der Waals surface area contributed by atoms with Gasteiger partial charge in [0.05, 0.1) is 30.6 Å². The van der Waals surface area contributed by atoms with Gasteiger partial charge in [0.2, 0.25) is 5.95 Å². The van der Waals surface area contributed by atoms with Crippen molar-refractivity contribution in [2.45, 2.75) is 26.9 Å². The van der Waals surface area contributed by atoms with Gasteiger partial charge in [-0.2, -0.15) is 5.10 Å². The van der Waals surface area contributed by atoms with Crippen molar-refractivity contribution in [1.29, 1.82) is 0 Å². The number of benzene rings is 2. The minimum Gasteiger partial charge on any atom is -0.357 e. The first kappa shape index (κ1) is 29.3. The number of carbonyl (C=O) groups excluding carboxylic acids is 1. The highest BCUT2D eigenvalue weighted by atomic mass is 16.5. The monoisotopic (exact) mass is 591 g/mol. The second-order valence-electron chi connectivity index (χ2n) is 11.2. The maximum absolute atomic E-state index is 13.1. The molecule has 11 nitrogen and oxygen atoms in total. The first-order chi connectivity index (χ1) is 21.4. The Morgan fingerprint density at radius 3 is 2.52 bits per heavy atom. The average molecular weight is 592 g/mol. The number of aromatic nitrogens is 4. The van der Waals surface area contributed by atoms with Gasteiger partial charge in [0, 0.05) is 61.9 Å². The Kier molecular flexibility index (Phi) is 8.84. The van der Waals surface area contributed by atoms with E-state index in [4.69, 9.17) is 4.74 Å². The van der Waals surface area contributed by atoms with E-state index in [0.29, 0.717) is 30.4 Å².